The molecule has 0 fully saturated rings. The zero-order valence-electron chi connectivity index (χ0n) is 12.8. The number of nitrogens with two attached hydrogens (primary N) is 1. The van der Waals surface area contributed by atoms with Crippen molar-refractivity contribution < 1.29 is 13.5 Å². The summed E-state index contributed by atoms with van der Waals surface area (Å²) in [6.45, 7) is 7.16. The van der Waals surface area contributed by atoms with Gasteiger partial charge in [0.15, 0.2) is 0 Å². The highest BCUT2D eigenvalue weighted by molar-refractivity contribution is 7.89. The lowest BCUT2D eigenvalue weighted by Gasteiger charge is -2.25. The summed E-state index contributed by atoms with van der Waals surface area (Å²) in [5, 5.41) is 10.5. The van der Waals surface area contributed by atoms with Gasteiger partial charge < -0.3 is 10.8 Å². The summed E-state index contributed by atoms with van der Waals surface area (Å²) in [6.07, 6.45) is 0.497. The highest BCUT2D eigenvalue weighted by Crippen LogP contribution is 2.27. The van der Waals surface area contributed by atoms with Gasteiger partial charge in [-0.1, -0.05) is 25.4 Å². The number of halogens is 1. The van der Waals surface area contributed by atoms with Gasteiger partial charge in [-0.05, 0) is 43.9 Å². The quantitative estimate of drug-likeness (QED) is 0.696. The van der Waals surface area contributed by atoms with Crippen LogP contribution in [0.25, 0.3) is 0 Å². The van der Waals surface area contributed by atoms with Crippen molar-refractivity contribution in [3.8, 4) is 0 Å². The summed E-state index contributed by atoms with van der Waals surface area (Å²) in [6, 6.07) is 2.77. The molecular weight excluding hydrogens is 312 g/mol. The number of anilines is 1. The summed E-state index contributed by atoms with van der Waals surface area (Å²) in [5.74, 6) is 0.262. The molecule has 1 unspecified atom stereocenters. The minimum Gasteiger partial charge on any atom is -0.397 e. The monoisotopic (exact) mass is 334 g/mol. The van der Waals surface area contributed by atoms with E-state index in [1.54, 1.807) is 13.8 Å². The molecule has 0 radical (unpaired) electrons. The molecular formula is C14H23ClN2O3S. The Labute approximate surface area is 131 Å². The van der Waals surface area contributed by atoms with Gasteiger partial charge in [0.1, 0.15) is 0 Å². The number of benzene rings is 1. The first kappa shape index (κ1) is 18.2. The molecule has 0 saturated heterocycles. The molecule has 120 valence electrons. The van der Waals surface area contributed by atoms with Crippen molar-refractivity contribution in [3.63, 3.8) is 0 Å². The van der Waals surface area contributed by atoms with Crippen molar-refractivity contribution in [2.45, 2.75) is 44.6 Å². The first-order chi connectivity index (χ1) is 9.44. The summed E-state index contributed by atoms with van der Waals surface area (Å²) in [7, 11) is -3.74. The second-order valence-corrected chi connectivity index (χ2v) is 8.21. The topological polar surface area (TPSA) is 92.4 Å². The van der Waals surface area contributed by atoms with Crippen LogP contribution in [0.1, 0.15) is 32.8 Å². The molecule has 21 heavy (non-hydrogen) atoms. The summed E-state index contributed by atoms with van der Waals surface area (Å²) < 4.78 is 26.9. The van der Waals surface area contributed by atoms with Crippen molar-refractivity contribution in [3.05, 3.63) is 22.7 Å². The lowest BCUT2D eigenvalue weighted by Crippen LogP contribution is -2.41. The third-order valence-corrected chi connectivity index (χ3v) is 4.95. The van der Waals surface area contributed by atoms with Crippen LogP contribution < -0.4 is 10.5 Å². The molecule has 1 rings (SSSR count). The summed E-state index contributed by atoms with van der Waals surface area (Å²) in [4.78, 5) is 0.0437. The maximum atomic E-state index is 12.3. The van der Waals surface area contributed by atoms with Crippen molar-refractivity contribution in [1.29, 1.82) is 0 Å². The molecule has 0 saturated carbocycles. The summed E-state index contributed by atoms with van der Waals surface area (Å²) >= 11 is 5.93. The fourth-order valence-electron chi connectivity index (χ4n) is 2.20. The Kier molecular flexibility index (Phi) is 5.66. The van der Waals surface area contributed by atoms with Gasteiger partial charge in [0.2, 0.25) is 10.0 Å². The zero-order valence-corrected chi connectivity index (χ0v) is 14.3. The molecule has 4 N–H and O–H groups in total. The maximum Gasteiger partial charge on any atom is 0.240 e. The number of aryl methyl sites for hydroxylation is 1. The molecule has 0 heterocycles. The third-order valence-electron chi connectivity index (χ3n) is 3.06. The van der Waals surface area contributed by atoms with Crippen LogP contribution in [0.5, 0.6) is 0 Å². The van der Waals surface area contributed by atoms with Crippen molar-refractivity contribution in [1.82, 2.24) is 4.72 Å². The fraction of sp³-hybridized carbons (Fsp3) is 0.571. The fourth-order valence-corrected chi connectivity index (χ4v) is 3.59. The first-order valence-electron chi connectivity index (χ1n) is 6.72. The van der Waals surface area contributed by atoms with E-state index in [-0.39, 0.29) is 23.0 Å². The second kappa shape index (κ2) is 6.52. The highest BCUT2D eigenvalue weighted by Gasteiger charge is 2.25. The van der Waals surface area contributed by atoms with E-state index in [2.05, 4.69) is 4.72 Å². The molecule has 0 aliphatic carbocycles. The molecule has 0 aromatic heterocycles. The van der Waals surface area contributed by atoms with Gasteiger partial charge in [0, 0.05) is 6.54 Å². The highest BCUT2D eigenvalue weighted by atomic mass is 35.5. The third kappa shape index (κ3) is 5.14. The Bertz CT molecular complexity index is 590. The van der Waals surface area contributed by atoms with Crippen LogP contribution in [-0.2, 0) is 10.0 Å². The molecule has 0 aliphatic rings. The maximum absolute atomic E-state index is 12.3. The van der Waals surface area contributed by atoms with Gasteiger partial charge in [-0.2, -0.15) is 0 Å². The van der Waals surface area contributed by atoms with E-state index in [9.17, 15) is 13.5 Å². The molecule has 5 nitrogen and oxygen atoms in total. The Hall–Kier alpha value is -0.820. The van der Waals surface area contributed by atoms with Gasteiger partial charge in [-0.25, -0.2) is 13.1 Å². The minimum atomic E-state index is -3.74. The van der Waals surface area contributed by atoms with Gasteiger partial charge in [0.25, 0.3) is 0 Å². The van der Waals surface area contributed by atoms with Gasteiger partial charge in [0.05, 0.1) is 21.2 Å². The predicted octanol–water partition coefficient (Wildman–Crippen LogP) is 2.31. The van der Waals surface area contributed by atoms with Crippen LogP contribution in [-0.4, -0.2) is 25.7 Å². The Balaban J connectivity index is 2.93. The average molecular weight is 335 g/mol. The molecule has 0 bridgehead atoms. The van der Waals surface area contributed by atoms with Crippen LogP contribution in [0.3, 0.4) is 0 Å². The van der Waals surface area contributed by atoms with E-state index < -0.39 is 15.6 Å². The van der Waals surface area contributed by atoms with Gasteiger partial charge >= 0.3 is 0 Å². The average Bonchev–Trinajstić information content (AvgIpc) is 2.31. The number of nitrogens with one attached hydrogen (secondary N) is 1. The Morgan fingerprint density at radius 2 is 2.00 bits per heavy atom. The van der Waals surface area contributed by atoms with Crippen LogP contribution in [0.2, 0.25) is 5.02 Å². The Morgan fingerprint density at radius 3 is 2.48 bits per heavy atom. The predicted molar refractivity (Wildman–Crippen MR) is 85.9 cm³/mol. The Morgan fingerprint density at radius 1 is 1.43 bits per heavy atom. The van der Waals surface area contributed by atoms with Crippen LogP contribution in [0.15, 0.2) is 17.0 Å². The number of hydrogen-bond donors (Lipinski definition) is 3. The molecule has 7 heteroatoms. The van der Waals surface area contributed by atoms with Crippen molar-refractivity contribution in [2.24, 2.45) is 5.92 Å². The lowest BCUT2D eigenvalue weighted by molar-refractivity contribution is 0.0437. The van der Waals surface area contributed by atoms with E-state index in [4.69, 9.17) is 17.3 Å². The zero-order chi connectivity index (χ0) is 16.4. The SMILES string of the molecule is Cc1cc(S(=O)(=O)NCC(C)(O)CC(C)C)cc(N)c1Cl. The van der Waals surface area contributed by atoms with Gasteiger partial charge in [-0.15, -0.1) is 0 Å². The molecule has 1 aromatic carbocycles. The minimum absolute atomic E-state index is 0.0437. The smallest absolute Gasteiger partial charge is 0.240 e. The van der Waals surface area contributed by atoms with Gasteiger partial charge in [-0.3, -0.25) is 0 Å². The number of aliphatic hydroxyl groups is 1. The van der Waals surface area contributed by atoms with E-state index >= 15 is 0 Å². The largest absolute Gasteiger partial charge is 0.397 e. The standard InChI is InChI=1S/C14H23ClN2O3S/c1-9(2)7-14(4,18)8-17-21(19,20)11-5-10(3)13(15)12(16)6-11/h5-6,9,17-18H,7-8,16H2,1-4H3. The molecule has 0 amide bonds. The molecule has 1 aromatic rings. The van der Waals surface area contributed by atoms with E-state index in [1.165, 1.54) is 12.1 Å². The van der Waals surface area contributed by atoms with Crippen molar-refractivity contribution >= 4 is 27.3 Å². The first-order valence-corrected chi connectivity index (χ1v) is 8.58. The van der Waals surface area contributed by atoms with Crippen LogP contribution in [0.4, 0.5) is 5.69 Å². The second-order valence-electron chi connectivity index (χ2n) is 6.06. The van der Waals surface area contributed by atoms with Crippen LogP contribution >= 0.6 is 11.6 Å². The number of hydrogen-bond acceptors (Lipinski definition) is 4. The number of sulfonamides is 1. The number of nitrogen functional groups attached to an aromatic ring is 1. The molecule has 0 spiro atoms. The number of rotatable bonds is 6. The van der Waals surface area contributed by atoms with E-state index in [1.807, 2.05) is 13.8 Å². The van der Waals surface area contributed by atoms with Crippen LogP contribution in [0, 0.1) is 12.8 Å². The molecule has 0 aliphatic heterocycles. The van der Waals surface area contributed by atoms with E-state index in [0.717, 1.165) is 0 Å². The summed E-state index contributed by atoms with van der Waals surface area (Å²) in [5.41, 5.74) is 5.39. The lowest BCUT2D eigenvalue weighted by atomic mass is 9.95. The van der Waals surface area contributed by atoms with E-state index in [0.29, 0.717) is 17.0 Å². The normalized spacial score (nSPS) is 15.2. The molecule has 1 atom stereocenters. The van der Waals surface area contributed by atoms with Crippen molar-refractivity contribution in [2.75, 3.05) is 12.3 Å².